The van der Waals surface area contributed by atoms with Gasteiger partial charge in [0.15, 0.2) is 29.8 Å². The van der Waals surface area contributed by atoms with Gasteiger partial charge in [0.25, 0.3) is 11.8 Å². The van der Waals surface area contributed by atoms with Crippen molar-refractivity contribution >= 4 is 35.0 Å². The fourth-order valence-corrected chi connectivity index (χ4v) is 4.77. The Hall–Kier alpha value is -4.97. The second-order valence-corrected chi connectivity index (χ2v) is 10.1. The first-order chi connectivity index (χ1) is 22.2. The van der Waals surface area contributed by atoms with Crippen molar-refractivity contribution in [3.8, 4) is 0 Å². The number of ketones is 1. The van der Waals surface area contributed by atoms with Gasteiger partial charge in [-0.2, -0.15) is 26.3 Å². The van der Waals surface area contributed by atoms with Gasteiger partial charge in [0.05, 0.1) is 43.1 Å². The second kappa shape index (κ2) is 14.0. The summed E-state index contributed by atoms with van der Waals surface area (Å²) in [6, 6.07) is 1.23. The van der Waals surface area contributed by atoms with Crippen LogP contribution in [0.15, 0.2) is 53.8 Å². The third-order valence-electron chi connectivity index (χ3n) is 7.10. The van der Waals surface area contributed by atoms with Gasteiger partial charge in [0, 0.05) is 23.5 Å². The van der Waals surface area contributed by atoms with Crippen molar-refractivity contribution in [3.05, 3.63) is 76.0 Å². The van der Waals surface area contributed by atoms with Crippen LogP contribution in [0, 0.1) is 0 Å². The molecule has 0 aromatic carbocycles. The number of halogens is 6. The number of aromatic nitrogens is 2. The van der Waals surface area contributed by atoms with Crippen LogP contribution < -0.4 is 9.80 Å². The summed E-state index contributed by atoms with van der Waals surface area (Å²) in [6.45, 7) is 8.97. The zero-order valence-electron chi connectivity index (χ0n) is 26.3. The van der Waals surface area contributed by atoms with E-state index < -0.39 is 64.9 Å². The molecule has 2 aliphatic heterocycles. The molecule has 2 amide bonds. The van der Waals surface area contributed by atoms with Crippen LogP contribution in [0.4, 0.5) is 38.0 Å². The summed E-state index contributed by atoms with van der Waals surface area (Å²) in [7, 11) is 2.48. The highest BCUT2D eigenvalue weighted by Gasteiger charge is 2.43. The van der Waals surface area contributed by atoms with Crippen LogP contribution in [0.25, 0.3) is 5.76 Å². The van der Waals surface area contributed by atoms with Crippen LogP contribution in [0.5, 0.6) is 0 Å². The summed E-state index contributed by atoms with van der Waals surface area (Å²) < 4.78 is 94.4. The van der Waals surface area contributed by atoms with Crippen molar-refractivity contribution < 1.29 is 65.1 Å². The molecule has 12 nitrogen and oxygen atoms in total. The molecule has 0 fully saturated rings. The number of amides is 2. The lowest BCUT2D eigenvalue weighted by Gasteiger charge is -2.23. The maximum absolute atomic E-state index is 13.4. The van der Waals surface area contributed by atoms with Crippen LogP contribution in [0.3, 0.4) is 0 Å². The Labute approximate surface area is 269 Å². The molecule has 0 saturated carbocycles. The number of rotatable bonds is 8. The van der Waals surface area contributed by atoms with E-state index in [9.17, 15) is 50.9 Å². The Kier molecular flexibility index (Phi) is 11.0. The lowest BCUT2D eigenvalue weighted by atomic mass is 10.1. The van der Waals surface area contributed by atoms with Crippen molar-refractivity contribution in [3.63, 3.8) is 0 Å². The molecule has 2 atom stereocenters. The van der Waals surface area contributed by atoms with Gasteiger partial charge < -0.3 is 24.4 Å². The number of pyridine rings is 2. The van der Waals surface area contributed by atoms with E-state index in [1.165, 1.54) is 28.1 Å². The summed E-state index contributed by atoms with van der Waals surface area (Å²) in [5.74, 6) is -3.31. The summed E-state index contributed by atoms with van der Waals surface area (Å²) in [4.78, 5) is 44.6. The molecule has 4 heterocycles. The average Bonchev–Trinajstić information content (AvgIpc) is 3.36. The van der Waals surface area contributed by atoms with Crippen molar-refractivity contribution in [2.75, 3.05) is 30.6 Å². The van der Waals surface area contributed by atoms with E-state index in [4.69, 9.17) is 14.2 Å². The smallest absolute Gasteiger partial charge is 0.417 e. The average molecular weight is 689 g/mol. The minimum atomic E-state index is -4.81. The summed E-state index contributed by atoms with van der Waals surface area (Å²) >= 11 is 0. The van der Waals surface area contributed by atoms with Crippen LogP contribution in [-0.4, -0.2) is 71.1 Å². The zero-order chi connectivity index (χ0) is 36.5. The molecule has 2 aliphatic rings. The monoisotopic (exact) mass is 688 g/mol. The first-order valence-corrected chi connectivity index (χ1v) is 13.7. The molecule has 2 N–H and O–H groups in total. The number of anilines is 2. The molecule has 2 aromatic heterocycles. The third kappa shape index (κ3) is 7.13. The third-order valence-corrected chi connectivity index (χ3v) is 7.10. The highest BCUT2D eigenvalue weighted by atomic mass is 19.4. The van der Waals surface area contributed by atoms with Crippen LogP contribution in [0.1, 0.15) is 54.7 Å². The standard InChI is InChI=1S/C16H17F3N2O4.C14H13F3N2O4/c1-5-25-9(3)10-7-20-12(6-11(10)16(17,18)19)21-14(22)8(2)13(24-4)15(21)23;1-6-11(23-3)13(22)19(12(6)21)10-4-9(14(15,16)17)8(5-18-10)7(2)20/h6-7,15,23H,3,5H2,1-2,4H3;4-5,13,22H,1-3H3. The lowest BCUT2D eigenvalue weighted by Crippen LogP contribution is -2.36. The number of nitrogens with zero attached hydrogens (tertiary/aromatic N) is 4. The van der Waals surface area contributed by atoms with Crippen LogP contribution in [0.2, 0.25) is 0 Å². The zero-order valence-corrected chi connectivity index (χ0v) is 26.3. The molecule has 0 spiro atoms. The Morgan fingerprint density at radius 1 is 0.833 bits per heavy atom. The van der Waals surface area contributed by atoms with Crippen molar-refractivity contribution in [1.82, 2.24) is 9.97 Å². The number of hydrogen-bond donors (Lipinski definition) is 2. The Balaban J connectivity index is 0.000000261. The van der Waals surface area contributed by atoms with Gasteiger partial charge in [-0.3, -0.25) is 24.2 Å². The van der Waals surface area contributed by atoms with Gasteiger partial charge in [0.1, 0.15) is 17.4 Å². The summed E-state index contributed by atoms with van der Waals surface area (Å²) in [6.07, 6.45) is -11.0. The van der Waals surface area contributed by atoms with Gasteiger partial charge in [-0.05, 0) is 39.8 Å². The molecular weight excluding hydrogens is 658 g/mol. The highest BCUT2D eigenvalue weighted by Crippen LogP contribution is 2.39. The number of alkyl halides is 6. The lowest BCUT2D eigenvalue weighted by molar-refractivity contribution is -0.138. The molecule has 0 saturated heterocycles. The predicted molar refractivity (Wildman–Crippen MR) is 156 cm³/mol. The minimum absolute atomic E-state index is 0.0387. The maximum atomic E-state index is 13.4. The Bertz CT molecular complexity index is 1700. The SMILES string of the molecule is C=C(OCC)c1cnc(N2C(=O)C(C)=C(OC)C2O)cc1C(F)(F)F.COC1=C(C)C(=O)N(c2cc(C(F)(F)F)c(C(C)=O)cn2)C1O. The Morgan fingerprint density at radius 2 is 1.21 bits per heavy atom. The van der Waals surface area contributed by atoms with Gasteiger partial charge in [-0.15, -0.1) is 0 Å². The molecule has 0 radical (unpaired) electrons. The van der Waals surface area contributed by atoms with E-state index in [0.29, 0.717) is 17.0 Å². The second-order valence-electron chi connectivity index (χ2n) is 10.1. The number of hydrogen-bond acceptors (Lipinski definition) is 10. The topological polar surface area (TPSA) is 152 Å². The van der Waals surface area contributed by atoms with E-state index in [2.05, 4.69) is 16.5 Å². The van der Waals surface area contributed by atoms with E-state index >= 15 is 0 Å². The van der Waals surface area contributed by atoms with Gasteiger partial charge in [-0.25, -0.2) is 9.97 Å². The normalized spacial score (nSPS) is 18.3. The highest BCUT2D eigenvalue weighted by molar-refractivity contribution is 6.09. The summed E-state index contributed by atoms with van der Waals surface area (Å²) in [5.41, 5.74) is -3.09. The van der Waals surface area contributed by atoms with Crippen molar-refractivity contribution in [2.45, 2.75) is 52.5 Å². The number of aliphatic hydroxyl groups is 2. The fraction of sp³-hybridized carbons (Fsp3) is 0.367. The van der Waals surface area contributed by atoms with E-state index in [1.54, 1.807) is 6.92 Å². The quantitative estimate of drug-likeness (QED) is 0.229. The minimum Gasteiger partial charge on any atom is -0.496 e. The molecular formula is C30H30F6N4O8. The molecule has 0 aliphatic carbocycles. The molecule has 2 unspecified atom stereocenters. The first kappa shape index (κ1) is 37.5. The van der Waals surface area contributed by atoms with Gasteiger partial charge >= 0.3 is 12.4 Å². The molecule has 2 aromatic rings. The first-order valence-electron chi connectivity index (χ1n) is 13.7. The van der Waals surface area contributed by atoms with E-state index in [1.807, 2.05) is 0 Å². The molecule has 48 heavy (non-hydrogen) atoms. The number of ether oxygens (including phenoxy) is 3. The number of carbonyl (C=O) groups is 3. The summed E-state index contributed by atoms with van der Waals surface area (Å²) in [5, 5.41) is 20.2. The Morgan fingerprint density at radius 3 is 1.52 bits per heavy atom. The number of carbonyl (C=O) groups excluding carboxylic acids is 3. The van der Waals surface area contributed by atoms with E-state index in [0.717, 1.165) is 24.2 Å². The van der Waals surface area contributed by atoms with E-state index in [-0.39, 0.29) is 46.4 Å². The number of Topliss-reactive ketones (excluding diaryl/α,β-unsaturated/α-hetero) is 1. The van der Waals surface area contributed by atoms with Crippen molar-refractivity contribution in [1.29, 1.82) is 0 Å². The molecule has 4 rings (SSSR count). The van der Waals surface area contributed by atoms with Gasteiger partial charge in [-0.1, -0.05) is 6.58 Å². The molecule has 260 valence electrons. The molecule has 0 bridgehead atoms. The van der Waals surface area contributed by atoms with Crippen molar-refractivity contribution in [2.24, 2.45) is 0 Å². The van der Waals surface area contributed by atoms with Crippen LogP contribution in [-0.2, 0) is 36.2 Å². The number of methoxy groups -OCH3 is 2. The largest absolute Gasteiger partial charge is 0.496 e. The molecule has 18 heteroatoms. The van der Waals surface area contributed by atoms with Gasteiger partial charge in [0.2, 0.25) is 0 Å². The van der Waals surface area contributed by atoms with Crippen LogP contribution >= 0.6 is 0 Å². The fourth-order valence-electron chi connectivity index (χ4n) is 4.77. The maximum Gasteiger partial charge on any atom is 0.417 e. The predicted octanol–water partition coefficient (Wildman–Crippen LogP) is 4.58. The number of aliphatic hydroxyl groups excluding tert-OH is 2.